The molecule has 0 bridgehead atoms. The maximum Gasteiger partial charge on any atom is 0.492 e. The zero-order valence-corrected chi connectivity index (χ0v) is 43.3. The van der Waals surface area contributed by atoms with Gasteiger partial charge in [-0.2, -0.15) is 0 Å². The maximum atomic E-state index is 12.8. The van der Waals surface area contributed by atoms with E-state index in [1.54, 1.807) is 41.1 Å². The summed E-state index contributed by atoms with van der Waals surface area (Å²) in [7, 11) is -0.426. The van der Waals surface area contributed by atoms with Crippen molar-refractivity contribution in [3.05, 3.63) is 144 Å². The van der Waals surface area contributed by atoms with E-state index >= 15 is 0 Å². The molecule has 10 nitrogen and oxygen atoms in total. The fourth-order valence-electron chi connectivity index (χ4n) is 8.03. The van der Waals surface area contributed by atoms with Gasteiger partial charge in [0.05, 0.1) is 36.2 Å². The number of nitrogens with zero attached hydrogens (tertiary/aromatic N) is 4. The molecule has 9 rings (SSSR count). The van der Waals surface area contributed by atoms with Crippen molar-refractivity contribution in [2.24, 2.45) is 0 Å². The Morgan fingerprint density at radius 1 is 0.727 bits per heavy atom. The van der Waals surface area contributed by atoms with Crippen LogP contribution in [-0.2, 0) is 32.0 Å². The first kappa shape index (κ1) is 49.9. The Hall–Kier alpha value is -4.03. The van der Waals surface area contributed by atoms with Crippen LogP contribution >= 0.6 is 68.5 Å². The summed E-state index contributed by atoms with van der Waals surface area (Å²) in [6.45, 7) is 14.2. The number of rotatable bonds is 8. The van der Waals surface area contributed by atoms with Crippen molar-refractivity contribution in [3.63, 3.8) is 0 Å². The maximum absolute atomic E-state index is 12.8. The highest BCUT2D eigenvalue weighted by Crippen LogP contribution is 2.41. The third-order valence-electron chi connectivity index (χ3n) is 12.2. The number of carbonyl (C=O) groups is 2. The van der Waals surface area contributed by atoms with Gasteiger partial charge in [-0.1, -0.05) is 110 Å². The number of aromatic nitrogens is 2. The minimum atomic E-state index is -0.426. The Labute approximate surface area is 419 Å². The molecule has 3 aliphatic heterocycles. The van der Waals surface area contributed by atoms with Crippen LogP contribution in [0.25, 0.3) is 26.0 Å². The van der Waals surface area contributed by atoms with Crippen molar-refractivity contribution >= 4 is 114 Å². The molecule has 0 radical (unpaired) electrons. The molecule has 1 fully saturated rings. The summed E-state index contributed by atoms with van der Waals surface area (Å²) >= 11 is 17.8. The van der Waals surface area contributed by atoms with E-state index in [0.717, 1.165) is 78.2 Å². The minimum Gasteiger partial charge on any atom is -0.445 e. The van der Waals surface area contributed by atoms with Gasteiger partial charge >= 0.3 is 19.3 Å². The van der Waals surface area contributed by atoms with Gasteiger partial charge in [-0.3, -0.25) is 0 Å². The van der Waals surface area contributed by atoms with Gasteiger partial charge in [-0.15, -0.1) is 22.7 Å². The van der Waals surface area contributed by atoms with E-state index in [1.165, 1.54) is 2.88 Å². The summed E-state index contributed by atoms with van der Waals surface area (Å²) in [6, 6.07) is 27.2. The van der Waals surface area contributed by atoms with Crippen LogP contribution in [0.2, 0.25) is 10.0 Å². The Morgan fingerprint density at radius 3 is 1.71 bits per heavy atom. The molecule has 0 spiro atoms. The number of thiophene rings is 2. The topological polar surface area (TPSA) is 103 Å². The van der Waals surface area contributed by atoms with Crippen LogP contribution in [0.3, 0.4) is 0 Å². The van der Waals surface area contributed by atoms with Crippen molar-refractivity contribution in [1.82, 2.24) is 19.8 Å². The van der Waals surface area contributed by atoms with Crippen molar-refractivity contribution in [1.29, 1.82) is 0 Å². The first-order valence-electron chi connectivity index (χ1n) is 22.1. The normalized spacial score (nSPS) is 18.7. The highest BCUT2D eigenvalue weighted by Gasteiger charge is 2.54. The minimum absolute atomic E-state index is 0.0103. The van der Waals surface area contributed by atoms with E-state index in [1.807, 2.05) is 104 Å². The smallest absolute Gasteiger partial charge is 0.445 e. The lowest BCUT2D eigenvalue weighted by Gasteiger charge is -2.36. The third kappa shape index (κ3) is 11.8. The second-order valence-corrected chi connectivity index (χ2v) is 21.8. The van der Waals surface area contributed by atoms with Crippen LogP contribution in [0.1, 0.15) is 83.2 Å². The average molecular weight is 1080 g/mol. The molecule has 2 atom stereocenters. The third-order valence-corrected chi connectivity index (χ3v) is 15.7. The molecular formula is C50H54BCl2IN4O6S2. The lowest BCUT2D eigenvalue weighted by Crippen LogP contribution is -2.48. The summed E-state index contributed by atoms with van der Waals surface area (Å²) in [6.07, 6.45) is 10.5. The van der Waals surface area contributed by atoms with Crippen LogP contribution in [0, 0.1) is 2.88 Å². The molecule has 3 aliphatic rings. The van der Waals surface area contributed by atoms with Crippen molar-refractivity contribution in [3.8, 4) is 0 Å². The lowest BCUT2D eigenvalue weighted by molar-refractivity contribution is 0.00578. The molecule has 346 valence electrons. The van der Waals surface area contributed by atoms with Crippen LogP contribution in [-0.4, -0.2) is 75.4 Å². The van der Waals surface area contributed by atoms with Gasteiger partial charge in [0.25, 0.3) is 0 Å². The standard InChI is InChI=1S/C22H21ClN2O2S.C21H30BNO4.C7H3ClINS/c1-2-19-16(20-13-17-18(23)10-11-24-21(17)28-20)9-6-12-25(19)22(26)27-14-15-7-4-3-5-8-15;1-6-18-17(22-26-20(2,3)21(4,5)27-22)13-10-14-23(18)19(24)25-15-16-11-8-7-9-12-16;8-5-1-2-10-7-4(5)3-6(9)11-7/h3-5,7-11,13,19H,2,6,12,14H2,1H3;7-9,11-13,18H,6,10,14-15H2,1-5H3;1-3H. The van der Waals surface area contributed by atoms with Crippen molar-refractivity contribution in [2.75, 3.05) is 13.1 Å². The number of benzene rings is 2. The number of ether oxygens (including phenoxy) is 2. The number of halogens is 3. The molecule has 0 aliphatic carbocycles. The quantitative estimate of drug-likeness (QED) is 0.110. The Bertz CT molecular complexity index is 2660. The highest BCUT2D eigenvalue weighted by atomic mass is 127. The van der Waals surface area contributed by atoms with Gasteiger partial charge in [0, 0.05) is 41.1 Å². The molecule has 6 aromatic rings. The molecule has 16 heteroatoms. The number of hydrogen-bond acceptors (Lipinski definition) is 10. The fraction of sp³-hybridized carbons (Fsp3) is 0.360. The number of fused-ring (bicyclic) bond motifs is 2. The summed E-state index contributed by atoms with van der Waals surface area (Å²) in [5.41, 5.74) is 3.36. The molecular weight excluding hydrogens is 1030 g/mol. The molecule has 2 amide bonds. The van der Waals surface area contributed by atoms with Crippen LogP contribution < -0.4 is 0 Å². The monoisotopic (exact) mass is 1080 g/mol. The van der Waals surface area contributed by atoms with Gasteiger partial charge < -0.3 is 28.6 Å². The number of hydrogen-bond donors (Lipinski definition) is 0. The lowest BCUT2D eigenvalue weighted by atomic mass is 9.70. The van der Waals surface area contributed by atoms with Crippen LogP contribution in [0.15, 0.2) is 115 Å². The van der Waals surface area contributed by atoms with E-state index in [9.17, 15) is 9.59 Å². The van der Waals surface area contributed by atoms with E-state index in [-0.39, 0.29) is 37.5 Å². The van der Waals surface area contributed by atoms with Gasteiger partial charge in [-0.05, 0) is 122 Å². The fourth-order valence-corrected chi connectivity index (χ4v) is 11.3. The molecule has 2 unspecified atom stereocenters. The van der Waals surface area contributed by atoms with Gasteiger partial charge in [0.2, 0.25) is 0 Å². The SMILES string of the molecule is CCC1C(B2OC(C)(C)C(C)(C)O2)=CCCN1C(=O)OCc1ccccc1.CCC1C(c2cc3c(Cl)ccnc3s2)=CCCN1C(=O)OCc1ccccc1.Clc1ccnc2sc(I)cc12. The van der Waals surface area contributed by atoms with Crippen LogP contribution in [0.5, 0.6) is 0 Å². The molecule has 0 N–H and O–H groups in total. The molecule has 7 heterocycles. The second-order valence-electron chi connectivity index (χ2n) is 17.0. The molecule has 4 aromatic heterocycles. The first-order chi connectivity index (χ1) is 31.7. The molecule has 1 saturated heterocycles. The van der Waals surface area contributed by atoms with Crippen molar-refractivity contribution < 1.29 is 28.4 Å². The van der Waals surface area contributed by atoms with Gasteiger partial charge in [0.15, 0.2) is 0 Å². The summed E-state index contributed by atoms with van der Waals surface area (Å²) in [5, 5.41) is 3.51. The van der Waals surface area contributed by atoms with Crippen LogP contribution in [0.4, 0.5) is 9.59 Å². The molecule has 66 heavy (non-hydrogen) atoms. The molecule has 0 saturated carbocycles. The van der Waals surface area contributed by atoms with E-state index in [2.05, 4.69) is 70.7 Å². The summed E-state index contributed by atoms with van der Waals surface area (Å²) in [4.78, 5) is 40.9. The van der Waals surface area contributed by atoms with Crippen molar-refractivity contribution in [2.45, 2.75) is 104 Å². The summed E-state index contributed by atoms with van der Waals surface area (Å²) in [5.74, 6) is 0. The Morgan fingerprint density at radius 2 is 1.21 bits per heavy atom. The average Bonchev–Trinajstić information content (AvgIpc) is 4.00. The zero-order chi connectivity index (χ0) is 47.0. The second kappa shape index (κ2) is 22.4. The van der Waals surface area contributed by atoms with E-state index in [0.29, 0.717) is 18.1 Å². The zero-order valence-electron chi connectivity index (χ0n) is 38.0. The summed E-state index contributed by atoms with van der Waals surface area (Å²) < 4.78 is 24.8. The molecule has 2 aromatic carbocycles. The Balaban J connectivity index is 0.000000160. The van der Waals surface area contributed by atoms with E-state index in [4.69, 9.17) is 42.0 Å². The predicted molar refractivity (Wildman–Crippen MR) is 278 cm³/mol. The number of carbonyl (C=O) groups excluding carboxylic acids is 2. The highest BCUT2D eigenvalue weighted by molar-refractivity contribution is 14.1. The first-order valence-corrected chi connectivity index (χ1v) is 25.6. The van der Waals surface area contributed by atoms with Gasteiger partial charge in [0.1, 0.15) is 22.9 Å². The largest absolute Gasteiger partial charge is 0.492 e. The number of amides is 2. The van der Waals surface area contributed by atoms with E-state index < -0.39 is 18.3 Å². The van der Waals surface area contributed by atoms with Gasteiger partial charge in [-0.25, -0.2) is 19.6 Å². The predicted octanol–water partition coefficient (Wildman–Crippen LogP) is 14.1. The number of pyridine rings is 2. The Kier molecular flexibility index (Phi) is 16.9.